The van der Waals surface area contributed by atoms with E-state index in [9.17, 15) is 4.79 Å². The van der Waals surface area contributed by atoms with Gasteiger partial charge in [0, 0.05) is 6.20 Å². The van der Waals surface area contributed by atoms with Gasteiger partial charge in [-0.1, -0.05) is 11.6 Å². The molecule has 1 amide bonds. The van der Waals surface area contributed by atoms with Gasteiger partial charge in [-0.25, -0.2) is 0 Å². The molecule has 2 aromatic heterocycles. The van der Waals surface area contributed by atoms with Crippen LogP contribution in [0.2, 0.25) is 5.02 Å². The number of halogens is 1. The van der Waals surface area contributed by atoms with Crippen molar-refractivity contribution in [1.82, 2.24) is 14.7 Å². The summed E-state index contributed by atoms with van der Waals surface area (Å²) in [5, 5.41) is 4.67. The van der Waals surface area contributed by atoms with Gasteiger partial charge < -0.3 is 14.2 Å². The maximum absolute atomic E-state index is 12.4. The van der Waals surface area contributed by atoms with Crippen LogP contribution in [0.25, 0.3) is 0 Å². The molecule has 0 aliphatic carbocycles. The summed E-state index contributed by atoms with van der Waals surface area (Å²) >= 11 is 5.82. The van der Waals surface area contributed by atoms with E-state index in [0.29, 0.717) is 23.1 Å². The second-order valence-corrected chi connectivity index (χ2v) is 5.81. The SMILES string of the molecule is C[NH+]1CCN(C(=O)c2ccc(Cn3cc(Cl)cn3)o2)CC1. The standard InChI is InChI=1S/C14H17ClN4O2/c1-17-4-6-18(7-5-17)14(20)13-3-2-12(21-13)10-19-9-11(15)8-16-19/h2-3,8-9H,4-7,10H2,1H3/p+1. The van der Waals surface area contributed by atoms with E-state index >= 15 is 0 Å². The van der Waals surface area contributed by atoms with Gasteiger partial charge in [-0.3, -0.25) is 9.48 Å². The number of rotatable bonds is 3. The first-order valence-corrected chi connectivity index (χ1v) is 7.37. The second kappa shape index (κ2) is 5.91. The molecule has 1 N–H and O–H groups in total. The summed E-state index contributed by atoms with van der Waals surface area (Å²) in [7, 11) is 2.14. The lowest BCUT2D eigenvalue weighted by molar-refractivity contribution is -0.883. The Balaban J connectivity index is 1.65. The number of hydrogen-bond acceptors (Lipinski definition) is 3. The molecule has 0 radical (unpaired) electrons. The molecule has 2 aromatic rings. The summed E-state index contributed by atoms with van der Waals surface area (Å²) in [6.45, 7) is 3.97. The summed E-state index contributed by atoms with van der Waals surface area (Å²) in [5.41, 5.74) is 0. The summed E-state index contributed by atoms with van der Waals surface area (Å²) in [6, 6.07) is 3.54. The van der Waals surface area contributed by atoms with Gasteiger partial charge in [0.15, 0.2) is 5.76 Å². The van der Waals surface area contributed by atoms with Gasteiger partial charge in [0.25, 0.3) is 5.91 Å². The molecule has 6 nitrogen and oxygen atoms in total. The van der Waals surface area contributed by atoms with Crippen molar-refractivity contribution >= 4 is 17.5 Å². The minimum Gasteiger partial charge on any atom is -0.454 e. The summed E-state index contributed by atoms with van der Waals surface area (Å²) in [4.78, 5) is 15.7. The van der Waals surface area contributed by atoms with Crippen molar-refractivity contribution in [3.63, 3.8) is 0 Å². The predicted molar refractivity (Wildman–Crippen MR) is 77.6 cm³/mol. The van der Waals surface area contributed by atoms with E-state index in [-0.39, 0.29) is 5.91 Å². The van der Waals surface area contributed by atoms with Crippen LogP contribution < -0.4 is 4.90 Å². The van der Waals surface area contributed by atoms with Gasteiger partial charge in [0.2, 0.25) is 0 Å². The van der Waals surface area contributed by atoms with Crippen LogP contribution in [0.4, 0.5) is 0 Å². The first kappa shape index (κ1) is 14.2. The predicted octanol–water partition coefficient (Wildman–Crippen LogP) is 0.148. The van der Waals surface area contributed by atoms with Crippen molar-refractivity contribution in [1.29, 1.82) is 0 Å². The molecule has 0 spiro atoms. The van der Waals surface area contributed by atoms with Crippen LogP contribution in [-0.2, 0) is 6.54 Å². The number of amides is 1. The Morgan fingerprint density at radius 1 is 1.43 bits per heavy atom. The van der Waals surface area contributed by atoms with E-state index < -0.39 is 0 Å². The van der Waals surface area contributed by atoms with Gasteiger partial charge in [-0.15, -0.1) is 0 Å². The average Bonchev–Trinajstić information content (AvgIpc) is 3.09. The third kappa shape index (κ3) is 3.28. The first-order chi connectivity index (χ1) is 10.1. The molecule has 1 aliphatic rings. The maximum Gasteiger partial charge on any atom is 0.289 e. The van der Waals surface area contributed by atoms with E-state index in [1.54, 1.807) is 23.1 Å². The summed E-state index contributed by atoms with van der Waals surface area (Å²) in [6.07, 6.45) is 3.29. The van der Waals surface area contributed by atoms with Crippen LogP contribution in [0.5, 0.6) is 0 Å². The fraction of sp³-hybridized carbons (Fsp3) is 0.429. The van der Waals surface area contributed by atoms with Crippen molar-refractivity contribution in [3.8, 4) is 0 Å². The Labute approximate surface area is 127 Å². The molecule has 0 aromatic carbocycles. The highest BCUT2D eigenvalue weighted by Gasteiger charge is 2.24. The Hall–Kier alpha value is -1.79. The van der Waals surface area contributed by atoms with Crippen LogP contribution in [-0.4, -0.2) is 53.8 Å². The van der Waals surface area contributed by atoms with Gasteiger partial charge in [0.1, 0.15) is 5.76 Å². The lowest BCUT2D eigenvalue weighted by atomic mass is 10.3. The molecule has 21 heavy (non-hydrogen) atoms. The lowest BCUT2D eigenvalue weighted by Gasteiger charge is -2.29. The maximum atomic E-state index is 12.4. The second-order valence-electron chi connectivity index (χ2n) is 5.37. The Kier molecular flexibility index (Phi) is 3.98. The average molecular weight is 310 g/mol. The monoisotopic (exact) mass is 309 g/mol. The lowest BCUT2D eigenvalue weighted by Crippen LogP contribution is -3.12. The smallest absolute Gasteiger partial charge is 0.289 e. The zero-order chi connectivity index (χ0) is 14.8. The summed E-state index contributed by atoms with van der Waals surface area (Å²) < 4.78 is 7.31. The molecule has 3 heterocycles. The minimum absolute atomic E-state index is 0.0350. The third-order valence-electron chi connectivity index (χ3n) is 3.70. The molecule has 0 unspecified atom stereocenters. The fourth-order valence-electron chi connectivity index (χ4n) is 2.41. The highest BCUT2D eigenvalue weighted by molar-refractivity contribution is 6.30. The van der Waals surface area contributed by atoms with Gasteiger partial charge >= 0.3 is 0 Å². The zero-order valence-corrected chi connectivity index (χ0v) is 12.6. The number of nitrogens with one attached hydrogen (secondary N) is 1. The molecule has 112 valence electrons. The Morgan fingerprint density at radius 3 is 2.86 bits per heavy atom. The number of nitrogens with zero attached hydrogens (tertiary/aromatic N) is 3. The van der Waals surface area contributed by atoms with Crippen molar-refractivity contribution < 1.29 is 14.1 Å². The highest BCUT2D eigenvalue weighted by Crippen LogP contribution is 2.13. The fourth-order valence-corrected chi connectivity index (χ4v) is 2.57. The van der Waals surface area contributed by atoms with Crippen LogP contribution in [0.15, 0.2) is 28.9 Å². The molecular weight excluding hydrogens is 292 g/mol. The molecule has 0 saturated carbocycles. The minimum atomic E-state index is -0.0350. The number of carbonyl (C=O) groups is 1. The van der Waals surface area contributed by atoms with Crippen LogP contribution >= 0.6 is 11.6 Å². The van der Waals surface area contributed by atoms with E-state index in [1.807, 2.05) is 11.0 Å². The Bertz CT molecular complexity index is 628. The normalized spacial score (nSPS) is 16.4. The van der Waals surface area contributed by atoms with E-state index in [1.165, 1.54) is 4.90 Å². The van der Waals surface area contributed by atoms with Crippen molar-refractivity contribution in [2.24, 2.45) is 0 Å². The van der Waals surface area contributed by atoms with E-state index in [2.05, 4.69) is 12.1 Å². The molecule has 0 atom stereocenters. The number of hydrogen-bond donors (Lipinski definition) is 1. The van der Waals surface area contributed by atoms with E-state index in [0.717, 1.165) is 26.2 Å². The van der Waals surface area contributed by atoms with Crippen molar-refractivity contribution in [2.75, 3.05) is 33.2 Å². The molecule has 1 saturated heterocycles. The molecule has 1 fully saturated rings. The third-order valence-corrected chi connectivity index (χ3v) is 3.89. The molecular formula is C14H18ClN4O2+. The van der Waals surface area contributed by atoms with Crippen LogP contribution in [0.1, 0.15) is 16.3 Å². The number of likely N-dealkylation sites (N-methyl/N-ethyl adjacent to an activating group) is 1. The summed E-state index contributed by atoms with van der Waals surface area (Å²) in [5.74, 6) is 1.05. The number of aromatic nitrogens is 2. The van der Waals surface area contributed by atoms with Gasteiger partial charge in [-0.05, 0) is 12.1 Å². The molecule has 0 bridgehead atoms. The largest absolute Gasteiger partial charge is 0.454 e. The van der Waals surface area contributed by atoms with Crippen molar-refractivity contribution in [2.45, 2.75) is 6.54 Å². The van der Waals surface area contributed by atoms with Crippen molar-refractivity contribution in [3.05, 3.63) is 41.1 Å². The van der Waals surface area contributed by atoms with Crippen LogP contribution in [0, 0.1) is 0 Å². The highest BCUT2D eigenvalue weighted by atomic mass is 35.5. The number of quaternary nitrogens is 1. The number of carbonyl (C=O) groups excluding carboxylic acids is 1. The zero-order valence-electron chi connectivity index (χ0n) is 11.9. The molecule has 7 heteroatoms. The van der Waals surface area contributed by atoms with Crippen LogP contribution in [0.3, 0.4) is 0 Å². The number of furan rings is 1. The molecule has 1 aliphatic heterocycles. The topological polar surface area (TPSA) is 55.7 Å². The van der Waals surface area contributed by atoms with E-state index in [4.69, 9.17) is 16.0 Å². The first-order valence-electron chi connectivity index (χ1n) is 6.99. The quantitative estimate of drug-likeness (QED) is 0.878. The van der Waals surface area contributed by atoms with Gasteiger partial charge in [0.05, 0.1) is 51.0 Å². The molecule has 3 rings (SSSR count). The van der Waals surface area contributed by atoms with Gasteiger partial charge in [-0.2, -0.15) is 5.10 Å². The number of piperazine rings is 1. The Morgan fingerprint density at radius 2 is 2.19 bits per heavy atom.